The van der Waals surface area contributed by atoms with Crippen LogP contribution < -0.4 is 5.73 Å². The van der Waals surface area contributed by atoms with E-state index in [1.807, 2.05) is 32.6 Å². The van der Waals surface area contributed by atoms with E-state index in [9.17, 15) is 4.39 Å². The minimum absolute atomic E-state index is 0.0217. The number of aromatic nitrogens is 3. The third-order valence-electron chi connectivity index (χ3n) is 6.28. The molecule has 1 aromatic carbocycles. The molecule has 0 atom stereocenters. The summed E-state index contributed by atoms with van der Waals surface area (Å²) < 4.78 is 14.0. The quantitative estimate of drug-likeness (QED) is 0.280. The molecule has 8 nitrogen and oxygen atoms in total. The second kappa shape index (κ2) is 15.8. The summed E-state index contributed by atoms with van der Waals surface area (Å²) in [4.78, 5) is 13.3. The van der Waals surface area contributed by atoms with E-state index < -0.39 is 5.82 Å². The van der Waals surface area contributed by atoms with Crippen molar-refractivity contribution in [2.45, 2.75) is 66.3 Å². The Morgan fingerprint density at radius 2 is 1.87 bits per heavy atom. The Balaban J connectivity index is 0.00000121. The zero-order chi connectivity index (χ0) is 28.2. The number of hydrogen-bond donors (Lipinski definition) is 3. The van der Waals surface area contributed by atoms with Gasteiger partial charge in [-0.2, -0.15) is 5.10 Å². The predicted molar refractivity (Wildman–Crippen MR) is 156 cm³/mol. The molecule has 3 heterocycles. The van der Waals surface area contributed by atoms with E-state index in [1.54, 1.807) is 6.08 Å². The summed E-state index contributed by atoms with van der Waals surface area (Å²) in [5.74, 6) is 1.18. The predicted octanol–water partition coefficient (Wildman–Crippen LogP) is 6.02. The van der Waals surface area contributed by atoms with Crippen molar-refractivity contribution in [3.05, 3.63) is 57.0 Å². The number of allylic oxidation sites excluding steroid dienone is 1. The Morgan fingerprint density at radius 3 is 2.53 bits per heavy atom. The number of rotatable bonds is 7. The minimum Gasteiger partial charge on any atom is -0.382 e. The molecule has 0 bridgehead atoms. The molecule has 2 aliphatic heterocycles. The van der Waals surface area contributed by atoms with Crippen molar-refractivity contribution < 1.29 is 4.39 Å². The lowest BCUT2D eigenvalue weighted by atomic mass is 9.96. The third-order valence-corrected chi connectivity index (χ3v) is 7.04. The number of benzene rings is 1. The Labute approximate surface area is 236 Å². The molecule has 11 heteroatoms. The highest BCUT2D eigenvalue weighted by Crippen LogP contribution is 2.30. The Bertz CT molecular complexity index is 1110. The first-order chi connectivity index (χ1) is 18.4. The number of H-pyrrole nitrogens is 1. The summed E-state index contributed by atoms with van der Waals surface area (Å²) in [7, 11) is 0. The maximum Gasteiger partial charge on any atom is 0.199 e. The molecule has 4 rings (SSSR count). The molecule has 1 saturated heterocycles. The van der Waals surface area contributed by atoms with Gasteiger partial charge in [0.1, 0.15) is 23.2 Å². The summed E-state index contributed by atoms with van der Waals surface area (Å²) in [6.45, 7) is 14.6. The summed E-state index contributed by atoms with van der Waals surface area (Å²) in [5.41, 5.74) is 7.28. The van der Waals surface area contributed by atoms with Gasteiger partial charge in [-0.15, -0.1) is 0 Å². The van der Waals surface area contributed by atoms with E-state index in [4.69, 9.17) is 34.3 Å². The number of aromatic amines is 1. The molecule has 0 radical (unpaired) electrons. The van der Waals surface area contributed by atoms with E-state index in [2.05, 4.69) is 32.0 Å². The van der Waals surface area contributed by atoms with Gasteiger partial charge in [0, 0.05) is 29.6 Å². The van der Waals surface area contributed by atoms with Gasteiger partial charge in [0.15, 0.2) is 5.82 Å². The van der Waals surface area contributed by atoms with Gasteiger partial charge in [0.2, 0.25) is 0 Å². The van der Waals surface area contributed by atoms with Gasteiger partial charge in [-0.05, 0) is 57.1 Å². The van der Waals surface area contributed by atoms with Gasteiger partial charge >= 0.3 is 0 Å². The topological polar surface area (TPSA) is 110 Å². The maximum absolute atomic E-state index is 14.0. The number of aliphatic imine (C=N–C) groups is 1. The summed E-state index contributed by atoms with van der Waals surface area (Å²) >= 11 is 12.5. The van der Waals surface area contributed by atoms with E-state index in [-0.39, 0.29) is 17.3 Å². The van der Waals surface area contributed by atoms with E-state index in [1.165, 1.54) is 12.1 Å². The lowest BCUT2D eigenvalue weighted by Crippen LogP contribution is -2.38. The first-order valence-electron chi connectivity index (χ1n) is 13.5. The first kappa shape index (κ1) is 31.7. The first-order valence-corrected chi connectivity index (χ1v) is 14.3. The van der Waals surface area contributed by atoms with Crippen molar-refractivity contribution in [1.29, 1.82) is 5.41 Å². The molecule has 0 unspecified atom stereocenters. The summed E-state index contributed by atoms with van der Waals surface area (Å²) in [6, 6.07) is 2.72. The van der Waals surface area contributed by atoms with Gasteiger partial charge in [-0.1, -0.05) is 57.8 Å². The number of hydrogen-bond acceptors (Lipinski definition) is 7. The molecule has 0 spiro atoms. The monoisotopic (exact) mass is 566 g/mol. The molecule has 1 aromatic heterocycles. The average molecular weight is 568 g/mol. The number of nitrogens with zero attached hydrogens (tertiary/aromatic N) is 5. The van der Waals surface area contributed by atoms with Crippen LogP contribution in [0, 0.1) is 11.2 Å². The molecular weight excluding hydrogens is 526 g/mol. The van der Waals surface area contributed by atoms with Crippen molar-refractivity contribution in [3.8, 4) is 0 Å². The van der Waals surface area contributed by atoms with Gasteiger partial charge in [0.05, 0.1) is 17.3 Å². The summed E-state index contributed by atoms with van der Waals surface area (Å²) in [5, 5.41) is 16.2. The third kappa shape index (κ3) is 8.01. The Kier molecular flexibility index (Phi) is 13.2. The van der Waals surface area contributed by atoms with Gasteiger partial charge < -0.3 is 15.5 Å². The van der Waals surface area contributed by atoms with E-state index in [0.717, 1.165) is 44.7 Å². The number of amidine groups is 1. The fourth-order valence-corrected chi connectivity index (χ4v) is 4.90. The smallest absolute Gasteiger partial charge is 0.199 e. The maximum atomic E-state index is 14.0. The molecule has 0 saturated carbocycles. The second-order valence-corrected chi connectivity index (χ2v) is 9.40. The van der Waals surface area contributed by atoms with Crippen molar-refractivity contribution in [2.24, 2.45) is 10.7 Å². The minimum atomic E-state index is -0.535. The Hall–Kier alpha value is -2.49. The average Bonchev–Trinajstić information content (AvgIpc) is 3.44. The van der Waals surface area contributed by atoms with Gasteiger partial charge in [0.25, 0.3) is 0 Å². The summed E-state index contributed by atoms with van der Waals surface area (Å²) in [6.07, 6.45) is 4.79. The van der Waals surface area contributed by atoms with Crippen molar-refractivity contribution in [1.82, 2.24) is 25.0 Å². The van der Waals surface area contributed by atoms with Crippen LogP contribution in [-0.4, -0.2) is 69.3 Å². The lowest BCUT2D eigenvalue weighted by molar-refractivity contribution is 0.210. The normalized spacial score (nSPS) is 17.3. The van der Waals surface area contributed by atoms with Crippen LogP contribution in [0.5, 0.6) is 0 Å². The van der Waals surface area contributed by atoms with Crippen LogP contribution in [0.25, 0.3) is 0 Å². The van der Waals surface area contributed by atoms with Crippen LogP contribution in [0.2, 0.25) is 10.0 Å². The highest BCUT2D eigenvalue weighted by Gasteiger charge is 2.25. The van der Waals surface area contributed by atoms with Crippen LogP contribution in [0.1, 0.15) is 77.0 Å². The fraction of sp³-hybridized carbons (Fsp3) is 0.556. The SMILES string of the molecule is CC.CC.CCCN1CCC(c2nc(C(=N)/C=C3\C(N)=NCCN3Cc3c(Cl)ccc(F)c3Cl)n[nH]2)CC1. The van der Waals surface area contributed by atoms with Crippen LogP contribution in [0.4, 0.5) is 4.39 Å². The number of likely N-dealkylation sites (tertiary alicyclic amines) is 1. The molecule has 0 aliphatic carbocycles. The second-order valence-electron chi connectivity index (χ2n) is 8.61. The zero-order valence-corrected chi connectivity index (χ0v) is 24.6. The number of nitrogens with two attached hydrogens (primary N) is 1. The number of nitrogens with one attached hydrogen (secondary N) is 2. The van der Waals surface area contributed by atoms with Gasteiger partial charge in [-0.25, -0.2) is 9.37 Å². The number of halogens is 3. The van der Waals surface area contributed by atoms with Crippen LogP contribution in [0.15, 0.2) is 28.9 Å². The molecule has 2 aliphatic rings. The highest BCUT2D eigenvalue weighted by atomic mass is 35.5. The van der Waals surface area contributed by atoms with Crippen LogP contribution in [-0.2, 0) is 6.54 Å². The molecule has 210 valence electrons. The van der Waals surface area contributed by atoms with Gasteiger partial charge in [-0.3, -0.25) is 15.5 Å². The standard InChI is InChI=1S/C23H29Cl2FN8.2C2H6/c1-2-8-33-9-5-14(6-10-33)22-30-23(32-31-22)18(27)12-19-21(28)29-7-11-34(19)13-15-16(24)3-4-17(26)20(15)25;2*1-2/h3-4,12,14,27H,2,5-11,13H2,1H3,(H2,28,29)(H,30,31,32);2*1-2H3/b19-12+,27-18?;;. The molecule has 4 N–H and O–H groups in total. The van der Waals surface area contributed by atoms with Crippen molar-refractivity contribution in [3.63, 3.8) is 0 Å². The number of piperidine rings is 1. The van der Waals surface area contributed by atoms with Crippen molar-refractivity contribution >= 4 is 34.7 Å². The highest BCUT2D eigenvalue weighted by molar-refractivity contribution is 6.36. The molecule has 2 aromatic rings. The van der Waals surface area contributed by atoms with E-state index >= 15 is 0 Å². The zero-order valence-electron chi connectivity index (χ0n) is 23.1. The molecular formula is C27H41Cl2FN8. The fourth-order valence-electron chi connectivity index (χ4n) is 4.41. The van der Waals surface area contributed by atoms with E-state index in [0.29, 0.717) is 47.0 Å². The van der Waals surface area contributed by atoms with Crippen molar-refractivity contribution in [2.75, 3.05) is 32.7 Å². The molecule has 0 amide bonds. The molecule has 38 heavy (non-hydrogen) atoms. The Morgan fingerprint density at radius 1 is 1.18 bits per heavy atom. The largest absolute Gasteiger partial charge is 0.382 e. The van der Waals surface area contributed by atoms with Crippen LogP contribution in [0.3, 0.4) is 0 Å². The lowest BCUT2D eigenvalue weighted by Gasteiger charge is -2.30. The van der Waals surface area contributed by atoms with Crippen LogP contribution >= 0.6 is 23.2 Å². The molecule has 1 fully saturated rings.